The summed E-state index contributed by atoms with van der Waals surface area (Å²) in [4.78, 5) is 0. The lowest BCUT2D eigenvalue weighted by atomic mass is 9.84. The van der Waals surface area contributed by atoms with Gasteiger partial charge in [-0.25, -0.2) is 0 Å². The number of nitrogens with zero attached hydrogens (tertiary/aromatic N) is 2. The highest BCUT2D eigenvalue weighted by Gasteiger charge is 2.36. The van der Waals surface area contributed by atoms with E-state index in [1.807, 2.05) is 0 Å². The summed E-state index contributed by atoms with van der Waals surface area (Å²) in [6.45, 7) is 2.24. The number of anilines is 1. The van der Waals surface area contributed by atoms with E-state index in [4.69, 9.17) is 5.73 Å². The van der Waals surface area contributed by atoms with E-state index in [-0.39, 0.29) is 0 Å². The van der Waals surface area contributed by atoms with E-state index in [1.165, 1.54) is 32.1 Å². The monoisotopic (exact) mass is 197 g/mol. The molecule has 0 spiro atoms. The first-order chi connectivity index (χ1) is 6.27. The fraction of sp³-hybridized carbons (Fsp3) is 0.778. The molecule has 0 bridgehead atoms. The summed E-state index contributed by atoms with van der Waals surface area (Å²) in [6.07, 6.45) is 6.35. The molecule has 72 valence electrons. The van der Waals surface area contributed by atoms with E-state index in [9.17, 15) is 0 Å². The van der Waals surface area contributed by atoms with Gasteiger partial charge in [-0.2, -0.15) is 0 Å². The van der Waals surface area contributed by atoms with E-state index in [0.717, 1.165) is 5.01 Å². The lowest BCUT2D eigenvalue weighted by Gasteiger charge is -2.23. The lowest BCUT2D eigenvalue weighted by molar-refractivity contribution is 0.419. The quantitative estimate of drug-likeness (QED) is 0.791. The van der Waals surface area contributed by atoms with Gasteiger partial charge in [0.25, 0.3) is 0 Å². The van der Waals surface area contributed by atoms with Gasteiger partial charge in [0.1, 0.15) is 5.01 Å². The average molecular weight is 197 g/mol. The molecule has 3 nitrogen and oxygen atoms in total. The minimum atomic E-state index is 0.315. The Kier molecular flexibility index (Phi) is 2.24. The second-order valence-corrected chi connectivity index (χ2v) is 4.80. The van der Waals surface area contributed by atoms with Crippen LogP contribution in [0.2, 0.25) is 0 Å². The molecule has 0 aromatic carbocycles. The molecule has 1 aliphatic carbocycles. The average Bonchev–Trinajstić information content (AvgIpc) is 2.73. The fourth-order valence-corrected chi connectivity index (χ4v) is 3.15. The molecule has 0 amide bonds. The molecule has 4 heteroatoms. The third-order valence-corrected chi connectivity index (χ3v) is 4.13. The Morgan fingerprint density at radius 1 is 1.38 bits per heavy atom. The van der Waals surface area contributed by atoms with Crippen molar-refractivity contribution in [2.45, 2.75) is 44.4 Å². The van der Waals surface area contributed by atoms with Crippen molar-refractivity contribution >= 4 is 16.5 Å². The number of aromatic nitrogens is 2. The van der Waals surface area contributed by atoms with Crippen LogP contribution in [0.3, 0.4) is 0 Å². The van der Waals surface area contributed by atoms with Crippen LogP contribution in [-0.4, -0.2) is 10.2 Å². The Morgan fingerprint density at radius 3 is 2.54 bits per heavy atom. The van der Waals surface area contributed by atoms with Crippen LogP contribution in [0.25, 0.3) is 0 Å². The zero-order chi connectivity index (χ0) is 9.31. The maximum atomic E-state index is 5.60. The zero-order valence-corrected chi connectivity index (χ0v) is 8.73. The molecule has 13 heavy (non-hydrogen) atoms. The number of hydrogen-bond acceptors (Lipinski definition) is 4. The largest absolute Gasteiger partial charge is 0.374 e. The molecule has 1 aliphatic rings. The maximum absolute atomic E-state index is 5.60. The molecule has 1 fully saturated rings. The summed E-state index contributed by atoms with van der Waals surface area (Å²) in [5.41, 5.74) is 5.92. The van der Waals surface area contributed by atoms with Crippen molar-refractivity contribution in [3.8, 4) is 0 Å². The van der Waals surface area contributed by atoms with Crippen molar-refractivity contribution in [2.24, 2.45) is 0 Å². The van der Waals surface area contributed by atoms with Gasteiger partial charge in [-0.3, -0.25) is 0 Å². The Bertz CT molecular complexity index is 289. The minimum Gasteiger partial charge on any atom is -0.374 e. The first kappa shape index (κ1) is 8.94. The first-order valence-corrected chi connectivity index (χ1v) is 5.68. The highest BCUT2D eigenvalue weighted by Crippen LogP contribution is 2.44. The minimum absolute atomic E-state index is 0.315. The number of rotatable bonds is 2. The zero-order valence-electron chi connectivity index (χ0n) is 7.92. The Balaban J connectivity index is 2.30. The Labute approximate surface area is 82.4 Å². The van der Waals surface area contributed by atoms with Crippen LogP contribution in [-0.2, 0) is 5.41 Å². The number of hydrogen-bond donors (Lipinski definition) is 1. The second-order valence-electron chi connectivity index (χ2n) is 3.79. The summed E-state index contributed by atoms with van der Waals surface area (Å²) in [6, 6.07) is 0. The Morgan fingerprint density at radius 2 is 2.08 bits per heavy atom. The van der Waals surface area contributed by atoms with Crippen LogP contribution >= 0.6 is 11.3 Å². The molecule has 2 rings (SSSR count). The molecule has 1 saturated carbocycles. The van der Waals surface area contributed by atoms with Gasteiger partial charge < -0.3 is 5.73 Å². The third-order valence-electron chi connectivity index (χ3n) is 3.13. The molecule has 2 N–H and O–H groups in total. The molecular weight excluding hydrogens is 182 g/mol. The molecule has 1 aromatic rings. The van der Waals surface area contributed by atoms with Crippen LogP contribution in [0, 0.1) is 0 Å². The summed E-state index contributed by atoms with van der Waals surface area (Å²) in [5.74, 6) is 0. The van der Waals surface area contributed by atoms with Gasteiger partial charge in [0.15, 0.2) is 0 Å². The normalized spacial score (nSPS) is 20.7. The van der Waals surface area contributed by atoms with Crippen LogP contribution in [0.15, 0.2) is 0 Å². The summed E-state index contributed by atoms with van der Waals surface area (Å²) in [7, 11) is 0. The van der Waals surface area contributed by atoms with Crippen LogP contribution in [0.4, 0.5) is 5.13 Å². The molecule has 0 radical (unpaired) electrons. The molecule has 0 unspecified atom stereocenters. The van der Waals surface area contributed by atoms with E-state index < -0.39 is 0 Å². The maximum Gasteiger partial charge on any atom is 0.203 e. The van der Waals surface area contributed by atoms with Crippen molar-refractivity contribution in [3.05, 3.63) is 5.01 Å². The molecular formula is C9H15N3S. The van der Waals surface area contributed by atoms with Crippen molar-refractivity contribution in [2.75, 3.05) is 5.73 Å². The Hall–Kier alpha value is -0.640. The van der Waals surface area contributed by atoms with Gasteiger partial charge in [-0.15, -0.1) is 10.2 Å². The van der Waals surface area contributed by atoms with E-state index >= 15 is 0 Å². The lowest BCUT2D eigenvalue weighted by Crippen LogP contribution is -2.20. The fourth-order valence-electron chi connectivity index (χ4n) is 2.22. The van der Waals surface area contributed by atoms with Crippen molar-refractivity contribution < 1.29 is 0 Å². The molecule has 0 atom stereocenters. The van der Waals surface area contributed by atoms with Crippen LogP contribution in [0.5, 0.6) is 0 Å². The predicted octanol–water partition coefficient (Wildman–Crippen LogP) is 2.34. The SMILES string of the molecule is CCC1(c2nnc(N)s2)CCCC1. The van der Waals surface area contributed by atoms with Crippen LogP contribution in [0.1, 0.15) is 44.0 Å². The first-order valence-electron chi connectivity index (χ1n) is 4.86. The van der Waals surface area contributed by atoms with Crippen molar-refractivity contribution in [3.63, 3.8) is 0 Å². The van der Waals surface area contributed by atoms with E-state index in [0.29, 0.717) is 10.5 Å². The van der Waals surface area contributed by atoms with Gasteiger partial charge in [0.05, 0.1) is 0 Å². The number of nitrogens with two attached hydrogens (primary N) is 1. The standard InChI is InChI=1S/C9H15N3S/c1-2-9(5-3-4-6-9)7-11-12-8(10)13-7/h2-6H2,1H3,(H2,10,12). The molecule has 0 aliphatic heterocycles. The highest BCUT2D eigenvalue weighted by atomic mass is 32.1. The molecule has 0 saturated heterocycles. The molecule has 1 aromatic heterocycles. The van der Waals surface area contributed by atoms with Gasteiger partial charge in [0.2, 0.25) is 5.13 Å². The second kappa shape index (κ2) is 3.25. The number of nitrogen functional groups attached to an aromatic ring is 1. The van der Waals surface area contributed by atoms with Gasteiger partial charge >= 0.3 is 0 Å². The summed E-state index contributed by atoms with van der Waals surface area (Å²) >= 11 is 1.56. The van der Waals surface area contributed by atoms with Gasteiger partial charge in [0, 0.05) is 5.41 Å². The smallest absolute Gasteiger partial charge is 0.203 e. The molecule has 1 heterocycles. The topological polar surface area (TPSA) is 51.8 Å². The summed E-state index contributed by atoms with van der Waals surface area (Å²) < 4.78 is 0. The van der Waals surface area contributed by atoms with Crippen molar-refractivity contribution in [1.82, 2.24) is 10.2 Å². The third kappa shape index (κ3) is 1.43. The van der Waals surface area contributed by atoms with E-state index in [2.05, 4.69) is 17.1 Å². The van der Waals surface area contributed by atoms with Crippen molar-refractivity contribution in [1.29, 1.82) is 0 Å². The highest BCUT2D eigenvalue weighted by molar-refractivity contribution is 7.15. The van der Waals surface area contributed by atoms with Crippen LogP contribution < -0.4 is 5.73 Å². The van der Waals surface area contributed by atoms with Gasteiger partial charge in [-0.05, 0) is 19.3 Å². The summed E-state index contributed by atoms with van der Waals surface area (Å²) in [5, 5.41) is 9.85. The predicted molar refractivity (Wildman–Crippen MR) is 54.8 cm³/mol. The van der Waals surface area contributed by atoms with Gasteiger partial charge in [-0.1, -0.05) is 31.1 Å². The van der Waals surface area contributed by atoms with E-state index in [1.54, 1.807) is 11.3 Å².